The average Bonchev–Trinajstić information content (AvgIpc) is 1.37. The van der Waals surface area contributed by atoms with Crippen LogP contribution in [0.5, 0.6) is 0 Å². The minimum absolute atomic E-state index is 0.817. The van der Waals surface area contributed by atoms with Crippen LogP contribution in [0, 0.1) is 12.3 Å². The molecule has 1 heteroatoms. The van der Waals surface area contributed by atoms with Gasteiger partial charge in [-0.25, -0.2) is 0 Å². The van der Waals surface area contributed by atoms with E-state index in [0.29, 0.717) is 0 Å². The first kappa shape index (κ1) is 4.29. The van der Waals surface area contributed by atoms with E-state index in [4.69, 9.17) is 6.42 Å². The topological polar surface area (TPSA) is 0 Å². The Morgan fingerprint density at radius 3 is 2.25 bits per heavy atom. The van der Waals surface area contributed by atoms with Crippen molar-refractivity contribution >= 4 is 22.6 Å². The van der Waals surface area contributed by atoms with Gasteiger partial charge in [0.25, 0.3) is 0 Å². The van der Waals surface area contributed by atoms with Crippen molar-refractivity contribution in [2.45, 2.75) is 0 Å². The third-order valence-corrected chi connectivity index (χ3v) is 0.518. The molecule has 0 aliphatic heterocycles. The van der Waals surface area contributed by atoms with Crippen LogP contribution in [-0.2, 0) is 0 Å². The first-order valence-corrected chi connectivity index (χ1v) is 2.44. The van der Waals surface area contributed by atoms with Crippen molar-refractivity contribution in [1.29, 1.82) is 0 Å². The number of halogens is 1. The number of rotatable bonds is 0. The van der Waals surface area contributed by atoms with E-state index in [1.165, 1.54) is 0 Å². The maximum absolute atomic E-state index is 4.77. The van der Waals surface area contributed by atoms with E-state index in [-0.39, 0.29) is 0 Å². The third kappa shape index (κ3) is 2.29. The van der Waals surface area contributed by atoms with Crippen LogP contribution in [0.4, 0.5) is 0 Å². The van der Waals surface area contributed by atoms with E-state index in [1.807, 2.05) is 0 Å². The normalized spacial score (nSPS) is 5.00. The summed E-state index contributed by atoms with van der Waals surface area (Å²) in [6.45, 7) is 0. The lowest BCUT2D eigenvalue weighted by Crippen LogP contribution is -1.45. The summed E-state index contributed by atoms with van der Waals surface area (Å²) in [4.78, 5) is 0. The largest absolute Gasteiger partial charge is 0.119 e. The third-order valence-electron chi connectivity index (χ3n) is 0.0772. The van der Waals surface area contributed by atoms with E-state index >= 15 is 0 Å². The fourth-order valence-corrected chi connectivity index (χ4v) is 0. The molecule has 0 bridgehead atoms. The van der Waals surface area contributed by atoms with Crippen LogP contribution >= 0.6 is 22.6 Å². The highest BCUT2D eigenvalue weighted by Crippen LogP contribution is 1.70. The highest BCUT2D eigenvalue weighted by atomic mass is 127. The van der Waals surface area contributed by atoms with E-state index in [0.717, 1.165) is 4.43 Å². The van der Waals surface area contributed by atoms with Crippen LogP contribution in [0.1, 0.15) is 0 Å². The fourth-order valence-electron chi connectivity index (χ4n) is 0. The Hall–Kier alpha value is 0.290. The second-order valence-corrected chi connectivity index (χ2v) is 1.10. The maximum Gasteiger partial charge on any atom is 0.0606 e. The highest BCUT2D eigenvalue weighted by molar-refractivity contribution is 14.1. The highest BCUT2D eigenvalue weighted by Gasteiger charge is 1.46. The molecule has 0 heterocycles. The molecule has 0 N–H and O–H groups in total. The minimum atomic E-state index is 0.817. The molecular weight excluding hydrogens is 163 g/mol. The zero-order valence-corrected chi connectivity index (χ0v) is 4.32. The molecule has 0 radical (unpaired) electrons. The lowest BCUT2D eigenvalue weighted by Gasteiger charge is -1.50. The van der Waals surface area contributed by atoms with Gasteiger partial charge in [-0.2, -0.15) is 0 Å². The van der Waals surface area contributed by atoms with Gasteiger partial charge in [-0.1, -0.05) is 28.5 Å². The Labute approximate surface area is 39.7 Å². The van der Waals surface area contributed by atoms with E-state index in [2.05, 4.69) is 28.5 Å². The van der Waals surface area contributed by atoms with Gasteiger partial charge in [0, 0.05) is 0 Å². The summed E-state index contributed by atoms with van der Waals surface area (Å²) in [6, 6.07) is 0. The van der Waals surface area contributed by atoms with E-state index in [9.17, 15) is 0 Å². The predicted octanol–water partition coefficient (Wildman–Crippen LogP) is 1.05. The Kier molecular flexibility index (Phi) is 3.53. The van der Waals surface area contributed by atoms with Gasteiger partial charge in [0.2, 0.25) is 0 Å². The van der Waals surface area contributed by atoms with Crippen LogP contribution in [0.2, 0.25) is 0 Å². The van der Waals surface area contributed by atoms with E-state index in [1.54, 1.807) is 0 Å². The van der Waals surface area contributed by atoms with Crippen molar-refractivity contribution in [3.8, 4) is 12.3 Å². The van der Waals surface area contributed by atoms with Crippen LogP contribution in [0.15, 0.2) is 0 Å². The van der Waals surface area contributed by atoms with Gasteiger partial charge in [-0.3, -0.25) is 0 Å². The van der Waals surface area contributed by atoms with Crippen molar-refractivity contribution in [1.82, 2.24) is 0 Å². The molecule has 22 valence electrons. The molecule has 4 heavy (non-hydrogen) atoms. The first-order valence-electron chi connectivity index (χ1n) is 0.909. The van der Waals surface area contributed by atoms with Crippen molar-refractivity contribution in [2.75, 3.05) is 4.43 Å². The predicted molar refractivity (Wildman–Crippen MR) is 27.7 cm³/mol. The number of hydrogen-bond acceptors (Lipinski definition) is 0. The van der Waals surface area contributed by atoms with Gasteiger partial charge < -0.3 is 0 Å². The molecule has 0 aromatic rings. The molecule has 0 saturated heterocycles. The molecule has 0 aromatic carbocycles. The summed E-state index contributed by atoms with van der Waals surface area (Å²) >= 11 is 2.12. The van der Waals surface area contributed by atoms with Crippen molar-refractivity contribution in [3.63, 3.8) is 0 Å². The summed E-state index contributed by atoms with van der Waals surface area (Å²) in [6.07, 6.45) is 4.77. The second kappa shape index (κ2) is 3.29. The van der Waals surface area contributed by atoms with Gasteiger partial charge in [-0.15, -0.1) is 6.42 Å². The zero-order valence-electron chi connectivity index (χ0n) is 2.16. The summed E-state index contributed by atoms with van der Waals surface area (Å²) in [5.41, 5.74) is 0. The summed E-state index contributed by atoms with van der Waals surface area (Å²) < 4.78 is 0.817. The molecule has 0 fully saturated rings. The van der Waals surface area contributed by atoms with Gasteiger partial charge >= 0.3 is 0 Å². The second-order valence-electron chi connectivity index (χ2n) is 0.338. The molecule has 0 unspecified atom stereocenters. The number of hydrogen-bond donors (Lipinski definition) is 0. The molecule has 0 aliphatic carbocycles. The van der Waals surface area contributed by atoms with Gasteiger partial charge in [0.05, 0.1) is 4.43 Å². The van der Waals surface area contributed by atoms with Crippen molar-refractivity contribution in [2.24, 2.45) is 0 Å². The maximum atomic E-state index is 4.77. The van der Waals surface area contributed by atoms with E-state index < -0.39 is 0 Å². The van der Waals surface area contributed by atoms with Gasteiger partial charge in [-0.05, 0) is 0 Å². The van der Waals surface area contributed by atoms with Crippen LogP contribution < -0.4 is 0 Å². The Morgan fingerprint density at radius 2 is 2.25 bits per heavy atom. The smallest absolute Gasteiger partial charge is 0.0606 e. The summed E-state index contributed by atoms with van der Waals surface area (Å²) in [5, 5.41) is 0. The average molecular weight is 166 g/mol. The lowest BCUT2D eigenvalue weighted by atomic mass is 10.9. The lowest BCUT2D eigenvalue weighted by molar-refractivity contribution is 2.06. The molecule has 0 rings (SSSR count). The van der Waals surface area contributed by atoms with Gasteiger partial charge in [0.15, 0.2) is 0 Å². The number of alkyl halides is 1. The van der Waals surface area contributed by atoms with Crippen LogP contribution in [0.3, 0.4) is 0 Å². The molecule has 0 saturated carbocycles. The van der Waals surface area contributed by atoms with Crippen LogP contribution in [0.25, 0.3) is 0 Å². The monoisotopic (exact) mass is 166 g/mol. The summed E-state index contributed by atoms with van der Waals surface area (Å²) in [7, 11) is 0. The fraction of sp³-hybridized carbons (Fsp3) is 0.333. The number of terminal acetylenes is 1. The molecular formula is C3H3I. The molecule has 0 atom stereocenters. The first-order chi connectivity index (χ1) is 1.91. The van der Waals surface area contributed by atoms with Gasteiger partial charge in [0.1, 0.15) is 0 Å². The van der Waals surface area contributed by atoms with Crippen molar-refractivity contribution in [3.05, 3.63) is 0 Å². The quantitative estimate of drug-likeness (QED) is 0.286. The SMILES string of the molecule is C#CCI. The standard InChI is InChI=1S/C3H3I/c1-2-3-4/h1H,3H2. The molecule has 0 aliphatic rings. The molecule has 0 spiro atoms. The zero-order chi connectivity index (χ0) is 3.41. The van der Waals surface area contributed by atoms with Crippen LogP contribution in [-0.4, -0.2) is 4.43 Å². The minimum Gasteiger partial charge on any atom is -0.119 e. The Balaban J connectivity index is 2.43. The van der Waals surface area contributed by atoms with Crippen molar-refractivity contribution < 1.29 is 0 Å². The Morgan fingerprint density at radius 1 is 2.00 bits per heavy atom. The molecule has 0 amide bonds. The molecule has 0 aromatic heterocycles. The summed E-state index contributed by atoms with van der Waals surface area (Å²) in [5.74, 6) is 2.42. The Bertz CT molecular complexity index is 33.0. The molecule has 0 nitrogen and oxygen atoms in total.